The van der Waals surface area contributed by atoms with E-state index in [1.807, 2.05) is 0 Å². The lowest BCUT2D eigenvalue weighted by Gasteiger charge is -2.27. The van der Waals surface area contributed by atoms with Gasteiger partial charge in [-0.05, 0) is 55.7 Å². The first-order valence-corrected chi connectivity index (χ1v) is 8.78. The first-order valence-electron chi connectivity index (χ1n) is 8.78. The Hall–Kier alpha value is -1.31. The number of hydrogen-bond acceptors (Lipinski definition) is 1. The van der Waals surface area contributed by atoms with Crippen LogP contribution < -0.4 is 0 Å². The van der Waals surface area contributed by atoms with E-state index in [1.54, 1.807) is 0 Å². The number of aromatic amines is 1. The molecule has 2 nitrogen and oxygen atoms in total. The van der Waals surface area contributed by atoms with Gasteiger partial charge >= 0.3 is 0 Å². The summed E-state index contributed by atoms with van der Waals surface area (Å²) in [5, 5.41) is 0. The van der Waals surface area contributed by atoms with E-state index in [0.29, 0.717) is 5.92 Å². The van der Waals surface area contributed by atoms with Crippen molar-refractivity contribution >= 4 is 11.0 Å². The average Bonchev–Trinajstić information content (AvgIpc) is 2.96. The number of H-pyrrole nitrogens is 1. The summed E-state index contributed by atoms with van der Waals surface area (Å²) in [5.74, 6) is 2.85. The van der Waals surface area contributed by atoms with Crippen molar-refractivity contribution in [3.8, 4) is 0 Å². The van der Waals surface area contributed by atoms with E-state index in [1.165, 1.54) is 61.9 Å². The third kappa shape index (κ3) is 3.30. The molecule has 0 spiro atoms. The smallest absolute Gasteiger partial charge is 0.110 e. The molecular formula is C19H28N2. The third-order valence-electron chi connectivity index (χ3n) is 5.17. The number of nitrogens with zero attached hydrogens (tertiary/aromatic N) is 1. The van der Waals surface area contributed by atoms with E-state index in [0.717, 1.165) is 17.9 Å². The molecule has 2 aromatic rings. The van der Waals surface area contributed by atoms with Gasteiger partial charge in [-0.3, -0.25) is 0 Å². The van der Waals surface area contributed by atoms with Crippen molar-refractivity contribution in [2.24, 2.45) is 5.92 Å². The topological polar surface area (TPSA) is 28.7 Å². The van der Waals surface area contributed by atoms with Crippen LogP contribution in [0.5, 0.6) is 0 Å². The van der Waals surface area contributed by atoms with Gasteiger partial charge in [-0.15, -0.1) is 0 Å². The highest BCUT2D eigenvalue weighted by Crippen LogP contribution is 2.37. The number of hydrogen-bond donors (Lipinski definition) is 1. The van der Waals surface area contributed by atoms with Gasteiger partial charge in [-0.2, -0.15) is 0 Å². The van der Waals surface area contributed by atoms with E-state index < -0.39 is 0 Å². The van der Waals surface area contributed by atoms with Gasteiger partial charge in [0.15, 0.2) is 0 Å². The van der Waals surface area contributed by atoms with Crippen LogP contribution in [0.3, 0.4) is 0 Å². The molecule has 1 aromatic heterocycles. The van der Waals surface area contributed by atoms with Gasteiger partial charge in [-0.1, -0.05) is 39.2 Å². The van der Waals surface area contributed by atoms with Crippen molar-refractivity contribution in [1.82, 2.24) is 9.97 Å². The Balaban J connectivity index is 1.67. The maximum Gasteiger partial charge on any atom is 0.110 e. The second-order valence-corrected chi connectivity index (χ2v) is 6.69. The monoisotopic (exact) mass is 284 g/mol. The van der Waals surface area contributed by atoms with Crippen molar-refractivity contribution in [2.45, 2.75) is 71.1 Å². The van der Waals surface area contributed by atoms with Gasteiger partial charge in [0.1, 0.15) is 5.82 Å². The van der Waals surface area contributed by atoms with Crippen LogP contribution in [0.4, 0.5) is 0 Å². The lowest BCUT2D eigenvalue weighted by Crippen LogP contribution is -2.14. The summed E-state index contributed by atoms with van der Waals surface area (Å²) in [7, 11) is 0. The minimum atomic E-state index is 0.653. The minimum Gasteiger partial charge on any atom is -0.342 e. The van der Waals surface area contributed by atoms with Crippen LogP contribution in [-0.4, -0.2) is 9.97 Å². The maximum atomic E-state index is 4.84. The molecule has 1 fully saturated rings. The molecule has 0 saturated heterocycles. The molecule has 3 rings (SSSR count). The van der Waals surface area contributed by atoms with E-state index in [4.69, 9.17) is 4.98 Å². The SMILES string of the molecule is CCCCC1CCC(c2nc3ccc(CC)cc3[nH]2)CC1. The Morgan fingerprint density at radius 2 is 1.95 bits per heavy atom. The molecule has 0 amide bonds. The van der Waals surface area contributed by atoms with Crippen LogP contribution in [0.25, 0.3) is 11.0 Å². The Kier molecular flexibility index (Phi) is 4.62. The lowest BCUT2D eigenvalue weighted by atomic mass is 9.79. The minimum absolute atomic E-state index is 0.653. The highest BCUT2D eigenvalue weighted by atomic mass is 14.9. The van der Waals surface area contributed by atoms with E-state index >= 15 is 0 Å². The van der Waals surface area contributed by atoms with Crippen LogP contribution in [0.2, 0.25) is 0 Å². The average molecular weight is 284 g/mol. The first-order chi connectivity index (χ1) is 10.3. The highest BCUT2D eigenvalue weighted by Gasteiger charge is 2.24. The van der Waals surface area contributed by atoms with Crippen molar-refractivity contribution < 1.29 is 0 Å². The predicted octanol–water partition coefficient (Wildman–Crippen LogP) is 5.59. The zero-order valence-corrected chi connectivity index (χ0v) is 13.5. The van der Waals surface area contributed by atoms with Gasteiger partial charge in [0.2, 0.25) is 0 Å². The number of fused-ring (bicyclic) bond motifs is 1. The van der Waals surface area contributed by atoms with E-state index in [-0.39, 0.29) is 0 Å². The van der Waals surface area contributed by atoms with Crippen LogP contribution in [0, 0.1) is 5.92 Å². The number of imidazole rings is 1. The summed E-state index contributed by atoms with van der Waals surface area (Å²) in [6.45, 7) is 4.50. The highest BCUT2D eigenvalue weighted by molar-refractivity contribution is 5.76. The molecule has 0 unspecified atom stereocenters. The zero-order chi connectivity index (χ0) is 14.7. The normalized spacial score (nSPS) is 22.8. The zero-order valence-electron chi connectivity index (χ0n) is 13.5. The van der Waals surface area contributed by atoms with E-state index in [2.05, 4.69) is 37.0 Å². The fourth-order valence-electron chi connectivity index (χ4n) is 3.71. The molecule has 1 N–H and O–H groups in total. The summed E-state index contributed by atoms with van der Waals surface area (Å²) in [4.78, 5) is 8.43. The molecule has 1 aromatic carbocycles. The standard InChI is InChI=1S/C19H28N2/c1-3-5-6-15-7-10-16(11-8-15)19-20-17-12-9-14(4-2)13-18(17)21-19/h9,12-13,15-16H,3-8,10-11H2,1-2H3,(H,20,21). The van der Waals surface area contributed by atoms with E-state index in [9.17, 15) is 0 Å². The van der Waals surface area contributed by atoms with Crippen molar-refractivity contribution in [3.05, 3.63) is 29.6 Å². The molecular weight excluding hydrogens is 256 g/mol. The molecule has 0 atom stereocenters. The van der Waals surface area contributed by atoms with Gasteiger partial charge in [0, 0.05) is 5.92 Å². The summed E-state index contributed by atoms with van der Waals surface area (Å²) in [6.07, 6.45) is 10.7. The predicted molar refractivity (Wildman–Crippen MR) is 89.7 cm³/mol. The summed E-state index contributed by atoms with van der Waals surface area (Å²) >= 11 is 0. The van der Waals surface area contributed by atoms with Crippen molar-refractivity contribution in [3.63, 3.8) is 0 Å². The summed E-state index contributed by atoms with van der Waals surface area (Å²) < 4.78 is 0. The van der Waals surface area contributed by atoms with Gasteiger partial charge < -0.3 is 4.98 Å². The number of aryl methyl sites for hydroxylation is 1. The molecule has 0 aliphatic heterocycles. The Labute approximate surface area is 128 Å². The van der Waals surface area contributed by atoms with Crippen LogP contribution >= 0.6 is 0 Å². The molecule has 1 aliphatic carbocycles. The summed E-state index contributed by atoms with van der Waals surface area (Å²) in [6, 6.07) is 6.63. The quantitative estimate of drug-likeness (QED) is 0.761. The fraction of sp³-hybridized carbons (Fsp3) is 0.632. The molecule has 1 aliphatic rings. The second kappa shape index (κ2) is 6.64. The third-order valence-corrected chi connectivity index (χ3v) is 5.17. The number of rotatable bonds is 5. The number of aromatic nitrogens is 2. The molecule has 21 heavy (non-hydrogen) atoms. The van der Waals surface area contributed by atoms with Gasteiger partial charge in [0.05, 0.1) is 11.0 Å². The molecule has 0 radical (unpaired) electrons. The van der Waals surface area contributed by atoms with Crippen molar-refractivity contribution in [1.29, 1.82) is 0 Å². The lowest BCUT2D eigenvalue weighted by molar-refractivity contribution is 0.299. The van der Waals surface area contributed by atoms with Crippen LogP contribution in [0.1, 0.15) is 76.1 Å². The molecule has 114 valence electrons. The van der Waals surface area contributed by atoms with Gasteiger partial charge in [-0.25, -0.2) is 4.98 Å². The molecule has 1 saturated carbocycles. The molecule has 1 heterocycles. The largest absolute Gasteiger partial charge is 0.342 e. The second-order valence-electron chi connectivity index (χ2n) is 6.69. The molecule has 2 heteroatoms. The Morgan fingerprint density at radius 3 is 2.67 bits per heavy atom. The number of nitrogens with one attached hydrogen (secondary N) is 1. The molecule has 0 bridgehead atoms. The maximum absolute atomic E-state index is 4.84. The Bertz CT molecular complexity index is 576. The van der Waals surface area contributed by atoms with Crippen molar-refractivity contribution in [2.75, 3.05) is 0 Å². The first kappa shape index (κ1) is 14.6. The summed E-state index contributed by atoms with van der Waals surface area (Å²) in [5.41, 5.74) is 3.74. The number of benzene rings is 1. The number of unbranched alkanes of at least 4 members (excludes halogenated alkanes) is 1. The van der Waals surface area contributed by atoms with Gasteiger partial charge in [0.25, 0.3) is 0 Å². The van der Waals surface area contributed by atoms with Crippen LogP contribution in [-0.2, 0) is 6.42 Å². The Morgan fingerprint density at radius 1 is 1.14 bits per heavy atom. The van der Waals surface area contributed by atoms with Crippen LogP contribution in [0.15, 0.2) is 18.2 Å². The fourth-order valence-corrected chi connectivity index (χ4v) is 3.71.